The summed E-state index contributed by atoms with van der Waals surface area (Å²) < 4.78 is 16.3. The number of nitrogens with one attached hydrogen (secondary N) is 1. The third kappa shape index (κ3) is 4.81. The summed E-state index contributed by atoms with van der Waals surface area (Å²) in [5.41, 5.74) is 0. The average molecular weight is 366 g/mol. The fraction of sp³-hybridized carbons (Fsp3) is 0.833. The molecule has 8 heteroatoms. The SMILES string of the molecule is CO[C@@H]1C[C@@H](C(=O)N(C)Cc2nc(C)no2)CC[C@H]1NC1CCOCC1. The van der Waals surface area contributed by atoms with Crippen LogP contribution in [-0.4, -0.2) is 66.5 Å². The van der Waals surface area contributed by atoms with E-state index in [9.17, 15) is 4.79 Å². The maximum Gasteiger partial charge on any atom is 0.246 e. The van der Waals surface area contributed by atoms with Gasteiger partial charge >= 0.3 is 0 Å². The van der Waals surface area contributed by atoms with Crippen LogP contribution in [0.3, 0.4) is 0 Å². The van der Waals surface area contributed by atoms with E-state index in [0.717, 1.165) is 45.3 Å². The Kier molecular flexibility index (Phi) is 6.61. The van der Waals surface area contributed by atoms with Crippen LogP contribution in [-0.2, 0) is 20.8 Å². The molecule has 2 aliphatic rings. The number of aryl methyl sites for hydroxylation is 1. The first-order valence-electron chi connectivity index (χ1n) is 9.47. The second-order valence-corrected chi connectivity index (χ2v) is 7.37. The Morgan fingerprint density at radius 2 is 2.08 bits per heavy atom. The molecule has 1 saturated heterocycles. The number of hydrogen-bond acceptors (Lipinski definition) is 7. The Morgan fingerprint density at radius 3 is 2.73 bits per heavy atom. The molecule has 0 radical (unpaired) electrons. The van der Waals surface area contributed by atoms with Crippen molar-refractivity contribution in [1.29, 1.82) is 0 Å². The molecule has 146 valence electrons. The zero-order valence-corrected chi connectivity index (χ0v) is 15.9. The number of hydrogen-bond donors (Lipinski definition) is 1. The van der Waals surface area contributed by atoms with E-state index < -0.39 is 0 Å². The van der Waals surface area contributed by atoms with Gasteiger partial charge in [0, 0.05) is 45.4 Å². The van der Waals surface area contributed by atoms with Crippen molar-refractivity contribution in [2.75, 3.05) is 27.4 Å². The van der Waals surface area contributed by atoms with E-state index >= 15 is 0 Å². The van der Waals surface area contributed by atoms with Crippen molar-refractivity contribution in [3.05, 3.63) is 11.7 Å². The van der Waals surface area contributed by atoms with Crippen molar-refractivity contribution in [3.8, 4) is 0 Å². The summed E-state index contributed by atoms with van der Waals surface area (Å²) in [6, 6.07) is 0.790. The fourth-order valence-corrected chi connectivity index (χ4v) is 3.97. The molecule has 1 saturated carbocycles. The molecule has 1 aromatic rings. The Bertz CT molecular complexity index is 588. The number of carbonyl (C=O) groups excluding carboxylic acids is 1. The van der Waals surface area contributed by atoms with Gasteiger partial charge in [-0.15, -0.1) is 0 Å². The standard InChI is InChI=1S/C18H30N4O4/c1-12-19-17(26-21-12)11-22(2)18(23)13-4-5-15(16(10-13)24-3)20-14-6-8-25-9-7-14/h13-16,20H,4-11H2,1-3H3/t13-,15+,16+/m0/s1. The predicted octanol–water partition coefficient (Wildman–Crippen LogP) is 1.29. The minimum Gasteiger partial charge on any atom is -0.381 e. The van der Waals surface area contributed by atoms with E-state index in [1.165, 1.54) is 0 Å². The summed E-state index contributed by atoms with van der Waals surface area (Å²) in [5.74, 6) is 1.14. The van der Waals surface area contributed by atoms with Gasteiger partial charge in [0.15, 0.2) is 5.82 Å². The van der Waals surface area contributed by atoms with Gasteiger partial charge in [0.25, 0.3) is 0 Å². The first kappa shape index (κ1) is 19.3. The Hall–Kier alpha value is -1.51. The van der Waals surface area contributed by atoms with Crippen molar-refractivity contribution in [1.82, 2.24) is 20.4 Å². The second kappa shape index (κ2) is 8.92. The summed E-state index contributed by atoms with van der Waals surface area (Å²) in [6.07, 6.45) is 4.69. The number of nitrogens with zero attached hydrogens (tertiary/aromatic N) is 3. The number of amides is 1. The average Bonchev–Trinajstić information content (AvgIpc) is 3.07. The molecule has 26 heavy (non-hydrogen) atoms. The fourth-order valence-electron chi connectivity index (χ4n) is 3.97. The minimum atomic E-state index is -0.0262. The predicted molar refractivity (Wildman–Crippen MR) is 94.4 cm³/mol. The van der Waals surface area contributed by atoms with Crippen LogP contribution in [0.5, 0.6) is 0 Å². The quantitative estimate of drug-likeness (QED) is 0.811. The molecule has 2 heterocycles. The number of carbonyl (C=O) groups is 1. The summed E-state index contributed by atoms with van der Waals surface area (Å²) in [5, 5.41) is 7.50. The van der Waals surface area contributed by atoms with Gasteiger partial charge in [0.1, 0.15) is 0 Å². The second-order valence-electron chi connectivity index (χ2n) is 7.37. The zero-order chi connectivity index (χ0) is 18.5. The van der Waals surface area contributed by atoms with Crippen LogP contribution in [0.15, 0.2) is 4.52 Å². The molecule has 1 N–H and O–H groups in total. The third-order valence-corrected chi connectivity index (χ3v) is 5.43. The smallest absolute Gasteiger partial charge is 0.246 e. The van der Waals surface area contributed by atoms with E-state index in [1.54, 1.807) is 26.0 Å². The van der Waals surface area contributed by atoms with Crippen LogP contribution in [0.2, 0.25) is 0 Å². The van der Waals surface area contributed by atoms with Crippen LogP contribution >= 0.6 is 0 Å². The van der Waals surface area contributed by atoms with Gasteiger partial charge in [-0.2, -0.15) is 4.98 Å². The highest BCUT2D eigenvalue weighted by Gasteiger charge is 2.36. The molecule has 1 aromatic heterocycles. The summed E-state index contributed by atoms with van der Waals surface area (Å²) >= 11 is 0. The van der Waals surface area contributed by atoms with E-state index in [4.69, 9.17) is 14.0 Å². The van der Waals surface area contributed by atoms with Crippen molar-refractivity contribution in [3.63, 3.8) is 0 Å². The number of aromatic nitrogens is 2. The van der Waals surface area contributed by atoms with Crippen LogP contribution in [0, 0.1) is 12.8 Å². The Balaban J connectivity index is 1.52. The maximum atomic E-state index is 12.8. The highest BCUT2D eigenvalue weighted by molar-refractivity contribution is 5.78. The molecule has 0 unspecified atom stereocenters. The molecule has 1 aliphatic heterocycles. The molecule has 0 aromatic carbocycles. The van der Waals surface area contributed by atoms with Crippen LogP contribution in [0.25, 0.3) is 0 Å². The number of methoxy groups -OCH3 is 1. The molecule has 1 aliphatic carbocycles. The van der Waals surface area contributed by atoms with Crippen LogP contribution < -0.4 is 5.32 Å². The van der Waals surface area contributed by atoms with E-state index in [0.29, 0.717) is 30.3 Å². The molecule has 1 amide bonds. The molecule has 3 atom stereocenters. The van der Waals surface area contributed by atoms with Gasteiger partial charge in [0.05, 0.1) is 12.6 Å². The normalized spacial score (nSPS) is 27.4. The molecule has 2 fully saturated rings. The highest BCUT2D eigenvalue weighted by atomic mass is 16.5. The van der Waals surface area contributed by atoms with Crippen molar-refractivity contribution in [2.24, 2.45) is 5.92 Å². The number of rotatable bonds is 6. The Labute approximate surface area is 154 Å². The van der Waals surface area contributed by atoms with Gasteiger partial charge < -0.3 is 24.2 Å². The lowest BCUT2D eigenvalue weighted by molar-refractivity contribution is -0.138. The summed E-state index contributed by atoms with van der Waals surface area (Å²) in [7, 11) is 3.52. The van der Waals surface area contributed by atoms with Gasteiger partial charge in [-0.05, 0) is 39.0 Å². The number of ether oxygens (including phenoxy) is 2. The van der Waals surface area contributed by atoms with Gasteiger partial charge in [-0.25, -0.2) is 0 Å². The molecule has 0 spiro atoms. The lowest BCUT2D eigenvalue weighted by Crippen LogP contribution is -2.52. The van der Waals surface area contributed by atoms with Gasteiger partial charge in [0.2, 0.25) is 11.8 Å². The van der Waals surface area contributed by atoms with Gasteiger partial charge in [-0.3, -0.25) is 4.79 Å². The van der Waals surface area contributed by atoms with Crippen molar-refractivity contribution >= 4 is 5.91 Å². The maximum absolute atomic E-state index is 12.8. The molecule has 8 nitrogen and oxygen atoms in total. The topological polar surface area (TPSA) is 89.7 Å². The first-order valence-corrected chi connectivity index (χ1v) is 9.47. The lowest BCUT2D eigenvalue weighted by Gasteiger charge is -2.39. The van der Waals surface area contributed by atoms with E-state index in [2.05, 4.69) is 15.5 Å². The van der Waals surface area contributed by atoms with Crippen molar-refractivity contribution in [2.45, 2.75) is 63.8 Å². The lowest BCUT2D eigenvalue weighted by atomic mass is 9.82. The summed E-state index contributed by atoms with van der Waals surface area (Å²) in [4.78, 5) is 18.7. The third-order valence-electron chi connectivity index (χ3n) is 5.43. The van der Waals surface area contributed by atoms with Crippen molar-refractivity contribution < 1.29 is 18.8 Å². The Morgan fingerprint density at radius 1 is 1.31 bits per heavy atom. The molecular weight excluding hydrogens is 336 g/mol. The van der Waals surface area contributed by atoms with Crippen LogP contribution in [0.1, 0.15) is 43.8 Å². The largest absolute Gasteiger partial charge is 0.381 e. The van der Waals surface area contributed by atoms with Gasteiger partial charge in [-0.1, -0.05) is 5.16 Å². The minimum absolute atomic E-state index is 0.0262. The van der Waals surface area contributed by atoms with E-state index in [1.807, 2.05) is 0 Å². The highest BCUT2D eigenvalue weighted by Crippen LogP contribution is 2.29. The molecule has 3 rings (SSSR count). The molecular formula is C18H30N4O4. The molecule has 0 bridgehead atoms. The summed E-state index contributed by atoms with van der Waals surface area (Å²) in [6.45, 7) is 3.76. The monoisotopic (exact) mass is 366 g/mol. The van der Waals surface area contributed by atoms with Crippen LogP contribution in [0.4, 0.5) is 0 Å². The van der Waals surface area contributed by atoms with E-state index in [-0.39, 0.29) is 17.9 Å². The first-order chi connectivity index (χ1) is 12.6. The zero-order valence-electron chi connectivity index (χ0n) is 15.9.